The smallest absolute Gasteiger partial charge is 0.131 e. The quantitative estimate of drug-likeness (QED) is 0.673. The van der Waals surface area contributed by atoms with Crippen LogP contribution >= 0.6 is 0 Å². The minimum absolute atomic E-state index is 1.06. The average molecular weight is 196 g/mol. The highest BCUT2D eigenvalue weighted by atomic mass is 28.3. The fraction of sp³-hybridized carbons (Fsp3) is 0.636. The van der Waals surface area contributed by atoms with E-state index in [-0.39, 0.29) is 0 Å². The van der Waals surface area contributed by atoms with Gasteiger partial charge in [-0.25, -0.2) is 0 Å². The normalized spacial score (nSPS) is 12.0. The highest BCUT2D eigenvalue weighted by Gasteiger charge is 2.32. The summed E-state index contributed by atoms with van der Waals surface area (Å²) in [5, 5.41) is 1.30. The zero-order valence-electron chi connectivity index (χ0n) is 9.18. The van der Waals surface area contributed by atoms with Gasteiger partial charge in [-0.2, -0.15) is 0 Å². The minimum Gasteiger partial charge on any atom is -0.472 e. The predicted molar refractivity (Wildman–Crippen MR) is 60.3 cm³/mol. The summed E-state index contributed by atoms with van der Waals surface area (Å²) in [6.45, 7) is 8.94. The van der Waals surface area contributed by atoms with Crippen LogP contribution in [0.3, 0.4) is 0 Å². The standard InChI is InChI=1S/C11H20OSi/c1-5-13(6-2,7-3)11-9-8-10(4)12-11/h8-9H,5-7H2,1-4H3. The monoisotopic (exact) mass is 196 g/mol. The molecule has 0 fully saturated rings. The van der Waals surface area contributed by atoms with Crippen molar-refractivity contribution in [1.82, 2.24) is 0 Å². The molecule has 0 saturated carbocycles. The van der Waals surface area contributed by atoms with Crippen LogP contribution in [0.5, 0.6) is 0 Å². The summed E-state index contributed by atoms with van der Waals surface area (Å²) in [6, 6.07) is 8.18. The Hall–Kier alpha value is -0.503. The molecule has 0 aliphatic rings. The molecule has 1 aromatic rings. The Kier molecular flexibility index (Phi) is 3.37. The van der Waals surface area contributed by atoms with Crippen molar-refractivity contribution in [3.05, 3.63) is 17.9 Å². The van der Waals surface area contributed by atoms with Gasteiger partial charge in [0.1, 0.15) is 8.07 Å². The van der Waals surface area contributed by atoms with Crippen LogP contribution in [0.15, 0.2) is 16.5 Å². The van der Waals surface area contributed by atoms with Crippen molar-refractivity contribution in [2.75, 3.05) is 0 Å². The van der Waals surface area contributed by atoms with Crippen molar-refractivity contribution in [1.29, 1.82) is 0 Å². The molecule has 0 spiro atoms. The van der Waals surface area contributed by atoms with Crippen LogP contribution in [0.25, 0.3) is 0 Å². The van der Waals surface area contributed by atoms with Gasteiger partial charge in [0.15, 0.2) is 0 Å². The summed E-state index contributed by atoms with van der Waals surface area (Å²) in [5.41, 5.74) is 0. The summed E-state index contributed by atoms with van der Waals surface area (Å²) in [4.78, 5) is 0. The van der Waals surface area contributed by atoms with Gasteiger partial charge in [0.05, 0.1) is 11.1 Å². The van der Waals surface area contributed by atoms with Crippen LogP contribution in [-0.4, -0.2) is 8.07 Å². The number of hydrogen-bond donors (Lipinski definition) is 0. The first kappa shape index (κ1) is 10.6. The van der Waals surface area contributed by atoms with Gasteiger partial charge in [-0.3, -0.25) is 0 Å². The lowest BCUT2D eigenvalue weighted by atomic mass is 10.5. The van der Waals surface area contributed by atoms with E-state index in [0.29, 0.717) is 0 Å². The van der Waals surface area contributed by atoms with Gasteiger partial charge in [0.25, 0.3) is 0 Å². The molecule has 0 aliphatic heterocycles. The van der Waals surface area contributed by atoms with E-state index in [1.807, 2.05) is 6.92 Å². The molecule has 0 bridgehead atoms. The largest absolute Gasteiger partial charge is 0.472 e. The Labute approximate surface area is 82.2 Å². The summed E-state index contributed by atoms with van der Waals surface area (Å²) >= 11 is 0. The van der Waals surface area contributed by atoms with E-state index >= 15 is 0 Å². The summed E-state index contributed by atoms with van der Waals surface area (Å²) < 4.78 is 5.78. The molecule has 1 heterocycles. The molecule has 0 radical (unpaired) electrons. The first-order valence-electron chi connectivity index (χ1n) is 5.25. The zero-order chi connectivity index (χ0) is 9.90. The fourth-order valence-corrected chi connectivity index (χ4v) is 5.35. The summed E-state index contributed by atoms with van der Waals surface area (Å²) in [5.74, 6) is 1.06. The molecule has 1 rings (SSSR count). The Bertz CT molecular complexity index is 253. The molecule has 2 heteroatoms. The lowest BCUT2D eigenvalue weighted by molar-refractivity contribution is 0.560. The van der Waals surface area contributed by atoms with Crippen LogP contribution in [0.4, 0.5) is 0 Å². The number of furan rings is 1. The molecule has 0 aliphatic carbocycles. The van der Waals surface area contributed by atoms with Crippen LogP contribution < -0.4 is 5.38 Å². The van der Waals surface area contributed by atoms with Crippen molar-refractivity contribution < 1.29 is 4.42 Å². The number of rotatable bonds is 4. The van der Waals surface area contributed by atoms with Gasteiger partial charge in [0, 0.05) is 0 Å². The third-order valence-electron chi connectivity index (χ3n) is 3.29. The highest BCUT2D eigenvalue weighted by molar-refractivity contribution is 6.90. The molecular formula is C11H20OSi. The molecule has 1 aromatic heterocycles. The van der Waals surface area contributed by atoms with E-state index in [2.05, 4.69) is 32.9 Å². The maximum absolute atomic E-state index is 5.78. The fourth-order valence-electron chi connectivity index (χ4n) is 1.99. The Morgan fingerprint density at radius 1 is 1.08 bits per heavy atom. The third-order valence-corrected chi connectivity index (χ3v) is 8.67. The topological polar surface area (TPSA) is 13.1 Å². The summed E-state index contributed by atoms with van der Waals surface area (Å²) in [6.07, 6.45) is 0. The number of hydrogen-bond acceptors (Lipinski definition) is 1. The third kappa shape index (κ3) is 1.88. The average Bonchev–Trinajstić information content (AvgIpc) is 2.57. The van der Waals surface area contributed by atoms with Crippen LogP contribution in [0.2, 0.25) is 18.1 Å². The van der Waals surface area contributed by atoms with Gasteiger partial charge >= 0.3 is 0 Å². The van der Waals surface area contributed by atoms with E-state index in [1.165, 1.54) is 23.5 Å². The Morgan fingerprint density at radius 2 is 1.62 bits per heavy atom. The summed E-state index contributed by atoms with van der Waals surface area (Å²) in [7, 11) is -1.24. The van der Waals surface area contributed by atoms with Crippen molar-refractivity contribution in [3.8, 4) is 0 Å². The molecule has 0 unspecified atom stereocenters. The van der Waals surface area contributed by atoms with Crippen LogP contribution in [-0.2, 0) is 0 Å². The van der Waals surface area contributed by atoms with Gasteiger partial charge in [-0.05, 0) is 19.1 Å². The molecule has 13 heavy (non-hydrogen) atoms. The molecule has 0 aromatic carbocycles. The van der Waals surface area contributed by atoms with Crippen molar-refractivity contribution in [2.24, 2.45) is 0 Å². The Balaban J connectivity index is 3.00. The van der Waals surface area contributed by atoms with Gasteiger partial charge in [-0.15, -0.1) is 0 Å². The molecule has 74 valence electrons. The van der Waals surface area contributed by atoms with Gasteiger partial charge in [-0.1, -0.05) is 38.9 Å². The van der Waals surface area contributed by atoms with Crippen molar-refractivity contribution in [2.45, 2.75) is 45.8 Å². The Morgan fingerprint density at radius 3 is 1.92 bits per heavy atom. The zero-order valence-corrected chi connectivity index (χ0v) is 10.2. The molecule has 0 amide bonds. The highest BCUT2D eigenvalue weighted by Crippen LogP contribution is 2.20. The molecule has 1 nitrogen and oxygen atoms in total. The van der Waals surface area contributed by atoms with E-state index in [9.17, 15) is 0 Å². The second-order valence-corrected chi connectivity index (χ2v) is 8.93. The first-order valence-corrected chi connectivity index (χ1v) is 7.87. The first-order chi connectivity index (χ1) is 6.18. The maximum atomic E-state index is 5.78. The predicted octanol–water partition coefficient (Wildman–Crippen LogP) is 3.30. The van der Waals surface area contributed by atoms with Crippen molar-refractivity contribution >= 4 is 13.5 Å². The van der Waals surface area contributed by atoms with Crippen LogP contribution in [0.1, 0.15) is 26.5 Å². The van der Waals surface area contributed by atoms with E-state index in [1.54, 1.807) is 0 Å². The van der Waals surface area contributed by atoms with E-state index in [0.717, 1.165) is 5.76 Å². The molecule has 0 saturated heterocycles. The number of aryl methyl sites for hydroxylation is 1. The minimum atomic E-state index is -1.24. The second kappa shape index (κ2) is 4.14. The second-order valence-electron chi connectivity index (χ2n) is 3.75. The van der Waals surface area contributed by atoms with Gasteiger partial charge in [0.2, 0.25) is 0 Å². The molecule has 0 N–H and O–H groups in total. The lowest BCUT2D eigenvalue weighted by Gasteiger charge is -2.24. The van der Waals surface area contributed by atoms with Gasteiger partial charge < -0.3 is 4.42 Å². The lowest BCUT2D eigenvalue weighted by Crippen LogP contribution is -2.44. The van der Waals surface area contributed by atoms with Crippen molar-refractivity contribution in [3.63, 3.8) is 0 Å². The van der Waals surface area contributed by atoms with E-state index < -0.39 is 8.07 Å². The molecular weight excluding hydrogens is 176 g/mol. The van der Waals surface area contributed by atoms with E-state index in [4.69, 9.17) is 4.42 Å². The van der Waals surface area contributed by atoms with Crippen LogP contribution in [0, 0.1) is 6.92 Å². The molecule has 0 atom stereocenters. The maximum Gasteiger partial charge on any atom is 0.131 e. The SMILES string of the molecule is CC[Si](CC)(CC)c1ccc(C)o1.